The molecule has 1 aromatic carbocycles. The first-order valence-corrected chi connectivity index (χ1v) is 6.61. The van der Waals surface area contributed by atoms with Gasteiger partial charge in [0, 0.05) is 36.9 Å². The first kappa shape index (κ1) is 4.89. The summed E-state index contributed by atoms with van der Waals surface area (Å²) in [5.74, 6) is -9.25. The molecule has 128 valence electrons. The van der Waals surface area contributed by atoms with Crippen molar-refractivity contribution in [1.82, 2.24) is 4.90 Å². The van der Waals surface area contributed by atoms with Crippen LogP contribution < -0.4 is 9.47 Å². The Morgan fingerprint density at radius 1 is 1.61 bits per heavy atom. The van der Waals surface area contributed by atoms with Crippen LogP contribution in [0.25, 0.3) is 0 Å². The van der Waals surface area contributed by atoms with Gasteiger partial charge in [-0.2, -0.15) is 0 Å². The van der Waals surface area contributed by atoms with Gasteiger partial charge >= 0.3 is 0 Å². The number of rotatable bonds is 4. The van der Waals surface area contributed by atoms with Crippen molar-refractivity contribution in [2.75, 3.05) is 27.2 Å². The zero-order chi connectivity index (χ0) is 34.2. The fraction of sp³-hybridized carbons (Fsp3) is 0.684. The van der Waals surface area contributed by atoms with Crippen molar-refractivity contribution in [3.8, 4) is 11.5 Å². The minimum Gasteiger partial charge on any atom is -0.493 e. The van der Waals surface area contributed by atoms with Crippen LogP contribution in [0.15, 0.2) is 12.1 Å². The topological polar surface area (TPSA) is 41.9 Å². The second-order valence-corrected chi connectivity index (χ2v) is 4.84. The van der Waals surface area contributed by atoms with Crippen LogP contribution in [0.2, 0.25) is 0 Å². The molecule has 2 heterocycles. The van der Waals surface area contributed by atoms with Crippen molar-refractivity contribution in [3.63, 3.8) is 0 Å². The lowest BCUT2D eigenvalue weighted by molar-refractivity contribution is -0.0191. The second-order valence-electron chi connectivity index (χ2n) is 4.84. The van der Waals surface area contributed by atoms with E-state index in [1.165, 1.54) is 0 Å². The second kappa shape index (κ2) is 6.70. The maximum atomic E-state index is 11.4. The molecule has 4 nitrogen and oxygen atoms in total. The van der Waals surface area contributed by atoms with Crippen LogP contribution in [-0.4, -0.2) is 43.3 Å². The lowest BCUT2D eigenvalue weighted by atomic mass is 9.79. The Balaban J connectivity index is 2.59. The van der Waals surface area contributed by atoms with Gasteiger partial charge in [-0.3, -0.25) is 4.90 Å². The zero-order valence-corrected chi connectivity index (χ0v) is 12.4. The molecule has 1 N–H and O–H groups in total. The van der Waals surface area contributed by atoms with E-state index in [4.69, 9.17) is 35.5 Å². The van der Waals surface area contributed by atoms with Crippen molar-refractivity contribution < 1.29 is 42.0 Å². The fourth-order valence-corrected chi connectivity index (χ4v) is 2.26. The quantitative estimate of drug-likeness (QED) is 0.915. The Morgan fingerprint density at radius 3 is 3.17 bits per heavy atom. The average Bonchev–Trinajstić information content (AvgIpc) is 2.79. The van der Waals surface area contributed by atoms with E-state index in [0.29, 0.717) is 6.92 Å². The van der Waals surface area contributed by atoms with Gasteiger partial charge in [0.2, 0.25) is 0 Å². The van der Waals surface area contributed by atoms with Crippen molar-refractivity contribution in [3.05, 3.63) is 23.2 Å². The predicted octanol–water partition coefficient (Wildman–Crippen LogP) is 3.03. The molecule has 1 fully saturated rings. The molecule has 23 heavy (non-hydrogen) atoms. The summed E-state index contributed by atoms with van der Waals surface area (Å²) < 4.78 is 177. The molecule has 0 spiro atoms. The standard InChI is InChI=1S/C19H29NO3/c1-12(2)7-14-11-20-6-5-13-8-18(22-3)19(23-4)9-15(13)16(20)10-17(14)21/h8-9,12,14,16-17,21H,5-7,10-11H2,1-4H3/i1D3,4D3,5D2,6D2,7D2,8D,9D,10D2,12D,14D,16D,17D. The summed E-state index contributed by atoms with van der Waals surface area (Å²) in [4.78, 5) is -0.116. The minimum absolute atomic E-state index is 0.116. The highest BCUT2D eigenvalue weighted by Crippen LogP contribution is 2.43. The molecule has 0 bridgehead atoms. The third kappa shape index (κ3) is 3.20. The summed E-state index contributed by atoms with van der Waals surface area (Å²) in [6.45, 7) is -8.61. The molecule has 0 saturated carbocycles. The number of piperidine rings is 1. The van der Waals surface area contributed by atoms with E-state index in [-0.39, 0.29) is 4.90 Å². The van der Waals surface area contributed by atoms with Crippen LogP contribution in [-0.2, 0) is 6.37 Å². The van der Waals surface area contributed by atoms with Crippen LogP contribution in [0.1, 0.15) is 71.1 Å². The molecule has 4 heteroatoms. The Kier molecular flexibility index (Phi) is 1.42. The van der Waals surface area contributed by atoms with Gasteiger partial charge in [0.05, 0.1) is 29.8 Å². The number of methoxy groups -OCH3 is 2. The minimum atomic E-state index is -4.26. The van der Waals surface area contributed by atoms with Gasteiger partial charge in [0.25, 0.3) is 0 Å². The van der Waals surface area contributed by atoms with E-state index < -0.39 is 105 Å². The van der Waals surface area contributed by atoms with Crippen LogP contribution >= 0.6 is 0 Å². The lowest BCUT2D eigenvalue weighted by Crippen LogP contribution is -2.48. The number of hydrogen-bond donors (Lipinski definition) is 1. The van der Waals surface area contributed by atoms with E-state index in [1.54, 1.807) is 0 Å². The van der Waals surface area contributed by atoms with Crippen molar-refractivity contribution in [1.29, 1.82) is 0 Å². The highest BCUT2D eigenvalue weighted by Gasteiger charge is 2.38. The molecule has 0 radical (unpaired) electrons. The highest BCUT2D eigenvalue weighted by atomic mass is 16.5. The van der Waals surface area contributed by atoms with Crippen LogP contribution in [0.4, 0.5) is 0 Å². The van der Waals surface area contributed by atoms with E-state index in [2.05, 4.69) is 0 Å². The molecule has 2 aliphatic rings. The summed E-state index contributed by atoms with van der Waals surface area (Å²) in [6.07, 6.45) is -15.9. The maximum Gasteiger partial charge on any atom is 0.161 e. The first-order valence-electron chi connectivity index (χ1n) is 16.6. The van der Waals surface area contributed by atoms with Crippen molar-refractivity contribution in [2.24, 2.45) is 11.8 Å². The van der Waals surface area contributed by atoms with Gasteiger partial charge in [-0.25, -0.2) is 0 Å². The summed E-state index contributed by atoms with van der Waals surface area (Å²) in [6, 6.07) is -6.19. The molecule has 1 saturated heterocycles. The van der Waals surface area contributed by atoms with Gasteiger partial charge in [0.1, 0.15) is 0 Å². The number of benzene rings is 1. The molecular formula is C19H29NO3. The number of hydrogen-bond acceptors (Lipinski definition) is 4. The summed E-state index contributed by atoms with van der Waals surface area (Å²) in [7, 11) is -2.48. The Hall–Kier alpha value is -1.26. The van der Waals surface area contributed by atoms with Crippen molar-refractivity contribution in [2.45, 2.75) is 45.0 Å². The van der Waals surface area contributed by atoms with E-state index >= 15 is 0 Å². The van der Waals surface area contributed by atoms with Gasteiger partial charge in [-0.05, 0) is 54.1 Å². The van der Waals surface area contributed by atoms with E-state index in [0.717, 1.165) is 7.11 Å². The Labute approximate surface area is 167 Å². The van der Waals surface area contributed by atoms with Crippen LogP contribution in [0, 0.1) is 11.8 Å². The Morgan fingerprint density at radius 2 is 2.43 bits per heavy atom. The van der Waals surface area contributed by atoms with Gasteiger partial charge in [-0.1, -0.05) is 13.8 Å². The summed E-state index contributed by atoms with van der Waals surface area (Å²) in [5, 5.41) is 11.4. The smallest absolute Gasteiger partial charge is 0.161 e. The number of aliphatic hydroxyl groups is 1. The molecule has 3 rings (SSSR count). The molecule has 4 unspecified atom stereocenters. The largest absolute Gasteiger partial charge is 0.493 e. The number of fused-ring (bicyclic) bond motifs is 3. The fourth-order valence-electron chi connectivity index (χ4n) is 2.26. The van der Waals surface area contributed by atoms with Gasteiger partial charge in [0.15, 0.2) is 11.5 Å². The monoisotopic (exact) mass is 339 g/mol. The van der Waals surface area contributed by atoms with Gasteiger partial charge in [-0.15, -0.1) is 0 Å². The Bertz CT molecular complexity index is 1320. The average molecular weight is 340 g/mol. The van der Waals surface area contributed by atoms with E-state index in [9.17, 15) is 6.48 Å². The van der Waals surface area contributed by atoms with Crippen molar-refractivity contribution >= 4 is 0 Å². The van der Waals surface area contributed by atoms with Crippen LogP contribution in [0.5, 0.6) is 11.5 Å². The molecular weight excluding hydrogens is 290 g/mol. The third-order valence-corrected chi connectivity index (χ3v) is 3.24. The molecule has 0 aromatic heterocycles. The normalized spacial score (nSPS) is 60.7. The maximum absolute atomic E-state index is 11.4. The zero-order valence-electron chi connectivity index (χ0n) is 32.4. The molecule has 1 aromatic rings. The third-order valence-electron chi connectivity index (χ3n) is 3.24. The SMILES string of the molecule is [2H]c1c(OC)c(OC([2H])([2H])[2H])c([2H])c2c1C([2H])([2H])C([2H])([2H])N1CC([2H])(C([2H])([2H])C([2H])(C)C([2H])([2H])[2H])C([2H])(O)C([2H])([2H])C21[2H]. The predicted molar refractivity (Wildman–Crippen MR) is 91.1 cm³/mol. The van der Waals surface area contributed by atoms with Crippen LogP contribution in [0.3, 0.4) is 0 Å². The summed E-state index contributed by atoms with van der Waals surface area (Å²) >= 11 is 0. The molecule has 0 amide bonds. The van der Waals surface area contributed by atoms with Gasteiger partial charge < -0.3 is 14.6 Å². The molecule has 2 aliphatic heterocycles. The molecule has 0 aliphatic carbocycles. The number of ether oxygens (including phenoxy) is 2. The summed E-state index contributed by atoms with van der Waals surface area (Å²) in [5.41, 5.74) is -2.50. The highest BCUT2D eigenvalue weighted by molar-refractivity contribution is 5.49. The number of nitrogens with zero attached hydrogens (tertiary/aromatic N) is 1. The van der Waals surface area contributed by atoms with E-state index in [1.807, 2.05) is 0 Å². The first-order chi connectivity index (χ1) is 18.7. The molecule has 4 atom stereocenters. The lowest BCUT2D eigenvalue weighted by Gasteiger charge is -2.46.